The molecular weight excluding hydrogens is 182 g/mol. The first-order valence-corrected chi connectivity index (χ1v) is 5.81. The Hall–Kier alpha value is -0.690. The van der Waals surface area contributed by atoms with Gasteiger partial charge in [-0.05, 0) is 12.7 Å². The lowest BCUT2D eigenvalue weighted by Gasteiger charge is -1.99. The molecule has 0 aromatic carbocycles. The Morgan fingerprint density at radius 2 is 2.23 bits per heavy atom. The Morgan fingerprint density at radius 1 is 1.46 bits per heavy atom. The minimum absolute atomic E-state index is 0.721. The van der Waals surface area contributed by atoms with Gasteiger partial charge in [0.05, 0.1) is 0 Å². The van der Waals surface area contributed by atoms with Crippen molar-refractivity contribution in [2.75, 3.05) is 12.8 Å². The number of hydrogen-bond acceptors (Lipinski definition) is 3. The van der Waals surface area contributed by atoms with E-state index in [9.17, 15) is 0 Å². The molecule has 0 aliphatic rings. The van der Waals surface area contributed by atoms with Crippen LogP contribution >= 0.6 is 11.8 Å². The zero-order chi connectivity index (χ0) is 9.94. The number of nitriles is 1. The summed E-state index contributed by atoms with van der Waals surface area (Å²) >= 11 is 1.47. The summed E-state index contributed by atoms with van der Waals surface area (Å²) in [7, 11) is 0. The predicted octanol–water partition coefficient (Wildman–Crippen LogP) is 2.36. The van der Waals surface area contributed by atoms with Crippen LogP contribution in [0.15, 0.2) is 4.99 Å². The maximum absolute atomic E-state index is 8.35. The van der Waals surface area contributed by atoms with Gasteiger partial charge in [0, 0.05) is 6.54 Å². The second-order valence-electron chi connectivity index (χ2n) is 2.69. The average molecular weight is 199 g/mol. The molecule has 0 spiro atoms. The minimum Gasteiger partial charge on any atom is -0.272 e. The summed E-state index contributed by atoms with van der Waals surface area (Å²) < 4.78 is 0. The lowest BCUT2D eigenvalue weighted by molar-refractivity contribution is 0.675. The standard InChI is InChI=1S/C9H17N3S/c1-3-4-5-6-7-11-9(13-2)12-8-10/h3-7H2,1-2H3,(H,11,12). The van der Waals surface area contributed by atoms with E-state index in [0.29, 0.717) is 0 Å². The molecule has 0 amide bonds. The average Bonchev–Trinajstić information content (AvgIpc) is 2.16. The number of unbranched alkanes of at least 4 members (excludes halogenated alkanes) is 3. The fourth-order valence-corrected chi connectivity index (χ4v) is 1.29. The second-order valence-corrected chi connectivity index (χ2v) is 3.48. The summed E-state index contributed by atoms with van der Waals surface area (Å²) in [6.07, 6.45) is 8.65. The van der Waals surface area contributed by atoms with E-state index in [4.69, 9.17) is 5.26 Å². The maximum atomic E-state index is 8.35. The molecule has 13 heavy (non-hydrogen) atoms. The molecule has 4 heteroatoms. The number of rotatable bonds is 5. The number of amidine groups is 1. The highest BCUT2D eigenvalue weighted by Gasteiger charge is 1.92. The summed E-state index contributed by atoms with van der Waals surface area (Å²) in [5, 5.41) is 11.6. The number of thioether (sulfide) groups is 1. The zero-order valence-electron chi connectivity index (χ0n) is 8.34. The third-order valence-electron chi connectivity index (χ3n) is 1.62. The van der Waals surface area contributed by atoms with E-state index < -0.39 is 0 Å². The van der Waals surface area contributed by atoms with Gasteiger partial charge in [0.2, 0.25) is 0 Å². The fourth-order valence-electron chi connectivity index (χ4n) is 0.922. The molecular formula is C9H17N3S. The van der Waals surface area contributed by atoms with Gasteiger partial charge >= 0.3 is 0 Å². The van der Waals surface area contributed by atoms with Crippen LogP contribution in [0.25, 0.3) is 0 Å². The van der Waals surface area contributed by atoms with E-state index in [0.717, 1.165) is 18.1 Å². The van der Waals surface area contributed by atoms with E-state index in [1.807, 2.05) is 12.4 Å². The molecule has 0 aromatic heterocycles. The Bertz CT molecular complexity index is 184. The number of aliphatic imine (C=N–C) groups is 1. The zero-order valence-corrected chi connectivity index (χ0v) is 9.15. The molecule has 0 aromatic rings. The Labute approximate surface area is 84.6 Å². The van der Waals surface area contributed by atoms with Crippen LogP contribution in [0.1, 0.15) is 32.6 Å². The first-order valence-electron chi connectivity index (χ1n) is 4.58. The van der Waals surface area contributed by atoms with Crippen LogP contribution in [-0.2, 0) is 0 Å². The fraction of sp³-hybridized carbons (Fsp3) is 0.778. The molecule has 1 N–H and O–H groups in total. The van der Waals surface area contributed by atoms with Crippen molar-refractivity contribution in [3.63, 3.8) is 0 Å². The van der Waals surface area contributed by atoms with Gasteiger partial charge in [0.1, 0.15) is 0 Å². The summed E-state index contributed by atoms with van der Waals surface area (Å²) in [5.41, 5.74) is 0. The van der Waals surface area contributed by atoms with Gasteiger partial charge in [0.25, 0.3) is 0 Å². The molecule has 0 saturated carbocycles. The van der Waals surface area contributed by atoms with Crippen LogP contribution in [0.3, 0.4) is 0 Å². The van der Waals surface area contributed by atoms with E-state index >= 15 is 0 Å². The van der Waals surface area contributed by atoms with E-state index in [-0.39, 0.29) is 0 Å². The van der Waals surface area contributed by atoms with Crippen LogP contribution in [0.2, 0.25) is 0 Å². The lowest BCUT2D eigenvalue weighted by Crippen LogP contribution is -2.13. The van der Waals surface area contributed by atoms with Gasteiger partial charge in [-0.15, -0.1) is 0 Å². The molecule has 0 fully saturated rings. The van der Waals surface area contributed by atoms with Crippen molar-refractivity contribution in [3.8, 4) is 6.19 Å². The topological polar surface area (TPSA) is 48.2 Å². The number of nitrogens with zero attached hydrogens (tertiary/aromatic N) is 2. The van der Waals surface area contributed by atoms with E-state index in [2.05, 4.69) is 17.2 Å². The van der Waals surface area contributed by atoms with Crippen molar-refractivity contribution >= 4 is 16.9 Å². The maximum Gasteiger partial charge on any atom is 0.183 e. The van der Waals surface area contributed by atoms with Crippen molar-refractivity contribution in [1.82, 2.24) is 5.32 Å². The summed E-state index contributed by atoms with van der Waals surface area (Å²) in [4.78, 5) is 4.25. The first-order chi connectivity index (χ1) is 6.35. The predicted molar refractivity (Wildman–Crippen MR) is 58.7 cm³/mol. The smallest absolute Gasteiger partial charge is 0.183 e. The van der Waals surface area contributed by atoms with Crippen molar-refractivity contribution in [1.29, 1.82) is 5.26 Å². The largest absolute Gasteiger partial charge is 0.272 e. The number of nitrogens with one attached hydrogen (secondary N) is 1. The molecule has 0 saturated heterocycles. The summed E-state index contributed by atoms with van der Waals surface area (Å²) in [6.45, 7) is 3.01. The summed E-state index contributed by atoms with van der Waals surface area (Å²) in [5.74, 6) is 0. The van der Waals surface area contributed by atoms with Gasteiger partial charge in [0.15, 0.2) is 11.4 Å². The van der Waals surface area contributed by atoms with Crippen LogP contribution in [0.5, 0.6) is 0 Å². The van der Waals surface area contributed by atoms with Crippen molar-refractivity contribution < 1.29 is 0 Å². The van der Waals surface area contributed by atoms with Crippen LogP contribution in [0.4, 0.5) is 0 Å². The third-order valence-corrected chi connectivity index (χ3v) is 2.24. The lowest BCUT2D eigenvalue weighted by atomic mass is 10.2. The highest BCUT2D eigenvalue weighted by atomic mass is 32.2. The molecule has 0 aliphatic heterocycles. The molecule has 3 nitrogen and oxygen atoms in total. The molecule has 0 bridgehead atoms. The van der Waals surface area contributed by atoms with Crippen LogP contribution < -0.4 is 5.32 Å². The van der Waals surface area contributed by atoms with Crippen LogP contribution in [0, 0.1) is 11.5 Å². The van der Waals surface area contributed by atoms with Gasteiger partial charge in [-0.2, -0.15) is 5.26 Å². The van der Waals surface area contributed by atoms with E-state index in [1.54, 1.807) is 0 Å². The first kappa shape index (κ1) is 12.3. The minimum atomic E-state index is 0.721. The Kier molecular flexibility index (Phi) is 8.90. The molecule has 0 radical (unpaired) electrons. The molecule has 74 valence electrons. The highest BCUT2D eigenvalue weighted by molar-refractivity contribution is 8.13. The van der Waals surface area contributed by atoms with E-state index in [1.165, 1.54) is 31.0 Å². The molecule has 0 atom stereocenters. The molecule has 0 unspecified atom stereocenters. The Balaban J connectivity index is 3.50. The quantitative estimate of drug-likeness (QED) is 0.243. The second kappa shape index (κ2) is 9.40. The van der Waals surface area contributed by atoms with Gasteiger partial charge in [-0.25, -0.2) is 0 Å². The molecule has 0 rings (SSSR count). The van der Waals surface area contributed by atoms with Gasteiger partial charge in [-0.3, -0.25) is 10.3 Å². The molecule has 0 heterocycles. The molecule has 0 aliphatic carbocycles. The van der Waals surface area contributed by atoms with Gasteiger partial charge < -0.3 is 0 Å². The monoisotopic (exact) mass is 199 g/mol. The third kappa shape index (κ3) is 7.66. The Morgan fingerprint density at radius 3 is 2.77 bits per heavy atom. The normalized spacial score (nSPS) is 11.0. The van der Waals surface area contributed by atoms with Crippen molar-refractivity contribution in [3.05, 3.63) is 0 Å². The van der Waals surface area contributed by atoms with Crippen LogP contribution in [-0.4, -0.2) is 18.0 Å². The van der Waals surface area contributed by atoms with Crippen molar-refractivity contribution in [2.24, 2.45) is 4.99 Å². The summed E-state index contributed by atoms with van der Waals surface area (Å²) in [6, 6.07) is 0. The number of hydrogen-bond donors (Lipinski definition) is 1. The highest BCUT2D eigenvalue weighted by Crippen LogP contribution is 2.00. The van der Waals surface area contributed by atoms with Crippen molar-refractivity contribution in [2.45, 2.75) is 32.6 Å². The van der Waals surface area contributed by atoms with Gasteiger partial charge in [-0.1, -0.05) is 37.9 Å². The SMILES string of the molecule is CCCCCCN=C(NC#N)SC.